The van der Waals surface area contributed by atoms with Crippen molar-refractivity contribution in [3.8, 4) is 0 Å². The molecule has 0 aliphatic heterocycles. The number of benzene rings is 1. The van der Waals surface area contributed by atoms with E-state index in [1.165, 1.54) is 0 Å². The molecule has 1 atom stereocenters. The van der Waals surface area contributed by atoms with Crippen LogP contribution in [0.15, 0.2) is 24.3 Å². The van der Waals surface area contributed by atoms with Gasteiger partial charge in [0, 0.05) is 24.2 Å². The molecule has 2 aromatic rings. The Balaban J connectivity index is 2.03. The summed E-state index contributed by atoms with van der Waals surface area (Å²) < 4.78 is 9.30. The fraction of sp³-hybridized carbons (Fsp3) is 0.400. The normalized spacial score (nSPS) is 12.1. The first-order valence-electron chi connectivity index (χ1n) is 7.04. The van der Waals surface area contributed by atoms with Crippen molar-refractivity contribution in [1.82, 2.24) is 14.9 Å². The molecule has 1 aromatic carbocycles. The van der Waals surface area contributed by atoms with Crippen molar-refractivity contribution in [2.75, 3.05) is 13.7 Å². The first-order chi connectivity index (χ1) is 10.7. The summed E-state index contributed by atoms with van der Waals surface area (Å²) in [6.07, 6.45) is 1.37. The van der Waals surface area contributed by atoms with Gasteiger partial charge in [-0.15, -0.1) is 5.10 Å². The molecule has 0 saturated carbocycles. The Labute approximate surface area is 138 Å². The molecule has 22 heavy (non-hydrogen) atoms. The Kier molecular flexibility index (Phi) is 6.30. The largest absolute Gasteiger partial charge is 0.375 e. The Morgan fingerprint density at radius 1 is 1.45 bits per heavy atom. The lowest BCUT2D eigenvalue weighted by Gasteiger charge is -2.17. The van der Waals surface area contributed by atoms with Crippen molar-refractivity contribution in [1.29, 1.82) is 0 Å². The highest BCUT2D eigenvalue weighted by Gasteiger charge is 2.19. The number of aryl methyl sites for hydroxylation is 1. The van der Waals surface area contributed by atoms with Crippen molar-refractivity contribution in [3.05, 3.63) is 45.4 Å². The first-order valence-corrected chi connectivity index (χ1v) is 8.19. The first kappa shape index (κ1) is 16.9. The average Bonchev–Trinajstić information content (AvgIpc) is 2.98. The minimum absolute atomic E-state index is 0.174. The van der Waals surface area contributed by atoms with Crippen LogP contribution < -0.4 is 5.32 Å². The lowest BCUT2D eigenvalue weighted by atomic mass is 10.1. The Morgan fingerprint density at radius 3 is 2.91 bits per heavy atom. The SMILES string of the molecule is CCCc1nnsc1C(=O)NCC(OC)c1ccccc1Cl. The zero-order valence-electron chi connectivity index (χ0n) is 12.5. The maximum atomic E-state index is 12.3. The number of ether oxygens (including phenoxy) is 1. The molecule has 1 amide bonds. The smallest absolute Gasteiger partial charge is 0.265 e. The third kappa shape index (κ3) is 4.03. The maximum Gasteiger partial charge on any atom is 0.265 e. The van der Waals surface area contributed by atoms with Crippen LogP contribution in [-0.2, 0) is 11.2 Å². The molecule has 0 bridgehead atoms. The van der Waals surface area contributed by atoms with Gasteiger partial charge in [0.1, 0.15) is 11.0 Å². The second-order valence-electron chi connectivity index (χ2n) is 4.75. The number of rotatable bonds is 7. The lowest BCUT2D eigenvalue weighted by molar-refractivity contribution is 0.0830. The fourth-order valence-corrected chi connectivity index (χ4v) is 2.99. The van der Waals surface area contributed by atoms with E-state index < -0.39 is 0 Å². The van der Waals surface area contributed by atoms with Gasteiger partial charge >= 0.3 is 0 Å². The number of nitrogens with zero attached hydrogens (tertiary/aromatic N) is 2. The number of methoxy groups -OCH3 is 1. The van der Waals surface area contributed by atoms with Gasteiger partial charge in [-0.3, -0.25) is 4.79 Å². The van der Waals surface area contributed by atoms with Gasteiger partial charge < -0.3 is 10.1 Å². The highest BCUT2D eigenvalue weighted by Crippen LogP contribution is 2.24. The summed E-state index contributed by atoms with van der Waals surface area (Å²) in [4.78, 5) is 12.8. The number of hydrogen-bond donors (Lipinski definition) is 1. The van der Waals surface area contributed by atoms with Crippen LogP contribution in [0.3, 0.4) is 0 Å². The van der Waals surface area contributed by atoms with Gasteiger partial charge in [0.2, 0.25) is 0 Å². The van der Waals surface area contributed by atoms with Gasteiger partial charge in [0.25, 0.3) is 5.91 Å². The summed E-state index contributed by atoms with van der Waals surface area (Å²) in [5.74, 6) is -0.174. The van der Waals surface area contributed by atoms with E-state index in [9.17, 15) is 4.79 Å². The number of aromatic nitrogens is 2. The van der Waals surface area contributed by atoms with Gasteiger partial charge in [0.05, 0.1) is 5.69 Å². The zero-order valence-corrected chi connectivity index (χ0v) is 14.1. The molecule has 0 spiro atoms. The third-order valence-corrected chi connectivity index (χ3v) is 4.34. The molecule has 1 heterocycles. The summed E-state index contributed by atoms with van der Waals surface area (Å²) >= 11 is 7.28. The van der Waals surface area contributed by atoms with Gasteiger partial charge in [-0.25, -0.2) is 0 Å². The molecule has 0 aliphatic rings. The summed E-state index contributed by atoms with van der Waals surface area (Å²) in [6, 6.07) is 7.44. The quantitative estimate of drug-likeness (QED) is 0.841. The number of carbonyl (C=O) groups is 1. The summed E-state index contributed by atoms with van der Waals surface area (Å²) in [5, 5.41) is 7.49. The van der Waals surface area contributed by atoms with E-state index in [2.05, 4.69) is 14.9 Å². The molecule has 2 rings (SSSR count). The van der Waals surface area contributed by atoms with E-state index >= 15 is 0 Å². The van der Waals surface area contributed by atoms with Gasteiger partial charge in [-0.1, -0.05) is 47.6 Å². The minimum Gasteiger partial charge on any atom is -0.375 e. The van der Waals surface area contributed by atoms with E-state index in [4.69, 9.17) is 16.3 Å². The molecule has 7 heteroatoms. The van der Waals surface area contributed by atoms with Gasteiger partial charge in [0.15, 0.2) is 0 Å². The van der Waals surface area contributed by atoms with Crippen LogP contribution in [0.2, 0.25) is 5.02 Å². The summed E-state index contributed by atoms with van der Waals surface area (Å²) in [7, 11) is 1.59. The number of amides is 1. The molecule has 0 saturated heterocycles. The van der Waals surface area contributed by atoms with Crippen LogP contribution in [0.4, 0.5) is 0 Å². The van der Waals surface area contributed by atoms with Gasteiger partial charge in [-0.2, -0.15) is 0 Å². The highest BCUT2D eigenvalue weighted by atomic mass is 35.5. The lowest BCUT2D eigenvalue weighted by Crippen LogP contribution is -2.29. The fourth-order valence-electron chi connectivity index (χ4n) is 2.10. The molecule has 1 unspecified atom stereocenters. The molecule has 118 valence electrons. The van der Waals surface area contributed by atoms with Crippen LogP contribution >= 0.6 is 23.1 Å². The van der Waals surface area contributed by atoms with Crippen LogP contribution in [0.1, 0.15) is 40.4 Å². The van der Waals surface area contributed by atoms with Crippen molar-refractivity contribution in [2.45, 2.75) is 25.9 Å². The van der Waals surface area contributed by atoms with E-state index in [1.807, 2.05) is 25.1 Å². The van der Waals surface area contributed by atoms with Crippen LogP contribution in [0, 0.1) is 0 Å². The molecular formula is C15H18ClN3O2S. The van der Waals surface area contributed by atoms with Crippen LogP contribution in [-0.4, -0.2) is 29.1 Å². The number of halogens is 1. The Hall–Kier alpha value is -1.50. The van der Waals surface area contributed by atoms with Crippen LogP contribution in [0.5, 0.6) is 0 Å². The molecule has 0 aliphatic carbocycles. The monoisotopic (exact) mass is 339 g/mol. The second kappa shape index (κ2) is 8.22. The average molecular weight is 340 g/mol. The van der Waals surface area contributed by atoms with E-state index in [0.717, 1.165) is 35.6 Å². The van der Waals surface area contributed by atoms with Gasteiger partial charge in [-0.05, 0) is 24.0 Å². The van der Waals surface area contributed by atoms with Crippen molar-refractivity contribution in [3.63, 3.8) is 0 Å². The number of nitrogens with one attached hydrogen (secondary N) is 1. The predicted molar refractivity (Wildman–Crippen MR) is 87.4 cm³/mol. The minimum atomic E-state index is -0.298. The van der Waals surface area contributed by atoms with E-state index in [-0.39, 0.29) is 12.0 Å². The Bertz CT molecular complexity index is 633. The standard InChI is InChI=1S/C15H18ClN3O2S/c1-3-6-12-14(22-19-18-12)15(20)17-9-13(21-2)10-7-4-5-8-11(10)16/h4-5,7-8,13H,3,6,9H2,1-2H3,(H,17,20). The van der Waals surface area contributed by atoms with Crippen molar-refractivity contribution >= 4 is 29.0 Å². The van der Waals surface area contributed by atoms with Crippen LogP contribution in [0.25, 0.3) is 0 Å². The van der Waals surface area contributed by atoms with E-state index in [0.29, 0.717) is 16.4 Å². The Morgan fingerprint density at radius 2 is 2.23 bits per heavy atom. The molecule has 5 nitrogen and oxygen atoms in total. The van der Waals surface area contributed by atoms with Crippen molar-refractivity contribution in [2.24, 2.45) is 0 Å². The zero-order chi connectivity index (χ0) is 15.9. The number of carbonyl (C=O) groups excluding carboxylic acids is 1. The third-order valence-electron chi connectivity index (χ3n) is 3.23. The van der Waals surface area contributed by atoms with Crippen molar-refractivity contribution < 1.29 is 9.53 Å². The molecular weight excluding hydrogens is 322 g/mol. The highest BCUT2D eigenvalue weighted by molar-refractivity contribution is 7.08. The predicted octanol–water partition coefficient (Wildman–Crippen LogP) is 3.26. The molecule has 1 aromatic heterocycles. The summed E-state index contributed by atoms with van der Waals surface area (Å²) in [6.45, 7) is 2.38. The summed E-state index contributed by atoms with van der Waals surface area (Å²) in [5.41, 5.74) is 1.60. The molecule has 1 N–H and O–H groups in total. The maximum absolute atomic E-state index is 12.3. The van der Waals surface area contributed by atoms with E-state index in [1.54, 1.807) is 13.2 Å². The topological polar surface area (TPSA) is 64.1 Å². The molecule has 0 radical (unpaired) electrons. The molecule has 0 fully saturated rings. The number of hydrogen-bond acceptors (Lipinski definition) is 5. The second-order valence-corrected chi connectivity index (χ2v) is 5.92.